The molecule has 1 aromatic heterocycles. The normalized spacial score (nSPS) is 13.2. The van der Waals surface area contributed by atoms with Crippen LogP contribution in [0.3, 0.4) is 0 Å². The zero-order chi connectivity index (χ0) is 56.0. The van der Waals surface area contributed by atoms with Crippen molar-refractivity contribution in [1.29, 1.82) is 10.5 Å². The van der Waals surface area contributed by atoms with E-state index in [0.717, 1.165) is 5.39 Å². The van der Waals surface area contributed by atoms with E-state index in [-0.39, 0.29) is 5.57 Å². The molecular formula is C46H22BF24N3. The summed E-state index contributed by atoms with van der Waals surface area (Å²) in [7, 11) is 0. The molecule has 3 nitrogen and oxygen atoms in total. The topological polar surface area (TPSA) is 51.5 Å². The van der Waals surface area contributed by atoms with Crippen LogP contribution in [0.25, 0.3) is 10.8 Å². The van der Waals surface area contributed by atoms with Gasteiger partial charge in [0.15, 0.2) is 18.9 Å². The molecule has 1 heterocycles. The van der Waals surface area contributed by atoms with Crippen molar-refractivity contribution in [3.63, 3.8) is 0 Å². The molecule has 0 aliphatic carbocycles. The molecular weight excluding hydrogens is 1060 g/mol. The second kappa shape index (κ2) is 19.8. The molecule has 0 unspecified atom stereocenters. The minimum absolute atomic E-state index is 0.144. The predicted octanol–water partition coefficient (Wildman–Crippen LogP) is 13.3. The van der Waals surface area contributed by atoms with E-state index in [4.69, 9.17) is 10.5 Å². The summed E-state index contributed by atoms with van der Waals surface area (Å²) in [4.78, 5) is 0. The van der Waals surface area contributed by atoms with Gasteiger partial charge in [0.05, 0.1) is 44.5 Å². The molecule has 0 aliphatic rings. The van der Waals surface area contributed by atoms with Crippen molar-refractivity contribution in [3.05, 3.63) is 172 Å². The predicted molar refractivity (Wildman–Crippen MR) is 214 cm³/mol. The molecule has 0 saturated carbocycles. The Balaban J connectivity index is 0.000000500. The SMILES string of the molecule is FC(F)(F)c1cc([B-](c2cc(C(F)(F)F)cc(C(F)(F)F)c2)(c2cc(C(F)(F)F)cc(C(F)(F)F)c2)c2cc(C(F)(F)F)cc(C(F)(F)F)c2)cc(C(F)(F)F)c1.N#CC(C#N)=CC[n+]1ccc2ccccc2c1. The average Bonchev–Trinajstić information content (AvgIpc) is 3.27. The number of aromatic nitrogens is 1. The molecule has 74 heavy (non-hydrogen) atoms. The standard InChI is InChI=1S/C32H12BF24.C14H10N3/c34-25(35,36)13-1-14(26(37,38)39)6-21(5-13)33(22-7-15(27(40,41)42)2-16(8-22)28(43,44)45,23-9-17(29(46,47)48)3-18(10-23)30(49,50)51)24-11-19(31(52,53)54)4-20(12-24)32(55,56)57;15-9-12(10-16)5-7-17-8-6-13-3-1-2-4-14(13)11-17/h1-12H;1-6,8,11H,7H2/q-1;+1. The van der Waals surface area contributed by atoms with E-state index in [1.807, 2.05) is 59.4 Å². The summed E-state index contributed by atoms with van der Waals surface area (Å²) < 4.78 is 343. The first-order valence-corrected chi connectivity index (χ1v) is 19.8. The van der Waals surface area contributed by atoms with Gasteiger partial charge in [0.25, 0.3) is 0 Å². The summed E-state index contributed by atoms with van der Waals surface area (Å²) in [6.07, 6.45) is -49.3. The third kappa shape index (κ3) is 13.0. The molecule has 0 spiro atoms. The number of rotatable bonds is 6. The van der Waals surface area contributed by atoms with Crippen LogP contribution in [0.2, 0.25) is 0 Å². The van der Waals surface area contributed by atoms with Crippen LogP contribution in [0.5, 0.6) is 0 Å². The summed E-state index contributed by atoms with van der Waals surface area (Å²) >= 11 is 0. The van der Waals surface area contributed by atoms with Gasteiger partial charge in [-0.05, 0) is 35.7 Å². The quantitative estimate of drug-likeness (QED) is 0.0722. The zero-order valence-corrected chi connectivity index (χ0v) is 35.7. The van der Waals surface area contributed by atoms with Gasteiger partial charge in [-0.1, -0.05) is 66.7 Å². The third-order valence-electron chi connectivity index (χ3n) is 10.9. The fraction of sp³-hybridized carbons (Fsp3) is 0.196. The van der Waals surface area contributed by atoms with E-state index in [2.05, 4.69) is 0 Å². The molecule has 0 radical (unpaired) electrons. The number of nitrogens with zero attached hydrogens (tertiary/aromatic N) is 3. The maximum Gasteiger partial charge on any atom is 0.416 e. The first-order valence-electron chi connectivity index (χ1n) is 19.8. The minimum Gasteiger partial charge on any atom is -0.201 e. The van der Waals surface area contributed by atoms with Crippen molar-refractivity contribution in [2.75, 3.05) is 0 Å². The molecule has 5 aromatic carbocycles. The van der Waals surface area contributed by atoms with E-state index < -0.39 is 195 Å². The van der Waals surface area contributed by atoms with E-state index in [1.54, 1.807) is 6.08 Å². The molecule has 0 atom stereocenters. The van der Waals surface area contributed by atoms with E-state index in [0.29, 0.717) is 6.54 Å². The second-order valence-electron chi connectivity index (χ2n) is 15.8. The largest absolute Gasteiger partial charge is 0.416 e. The highest BCUT2D eigenvalue weighted by atomic mass is 19.4. The highest BCUT2D eigenvalue weighted by Crippen LogP contribution is 2.41. The van der Waals surface area contributed by atoms with E-state index in [9.17, 15) is 105 Å². The molecule has 0 bridgehead atoms. The smallest absolute Gasteiger partial charge is 0.201 e. The maximum absolute atomic E-state index is 14.2. The first-order chi connectivity index (χ1) is 33.6. The van der Waals surface area contributed by atoms with Crippen LogP contribution in [0.15, 0.2) is 127 Å². The van der Waals surface area contributed by atoms with Crippen LogP contribution in [-0.4, -0.2) is 6.15 Å². The zero-order valence-electron chi connectivity index (χ0n) is 35.7. The lowest BCUT2D eigenvalue weighted by Gasteiger charge is -2.46. The van der Waals surface area contributed by atoms with Crippen LogP contribution in [0, 0.1) is 22.7 Å². The molecule has 0 aliphatic heterocycles. The first kappa shape index (κ1) is 57.5. The van der Waals surface area contributed by atoms with Gasteiger partial charge in [-0.25, -0.2) is 4.57 Å². The van der Waals surface area contributed by atoms with Crippen LogP contribution in [0.1, 0.15) is 44.5 Å². The number of nitriles is 2. The summed E-state index contributed by atoms with van der Waals surface area (Å²) in [6, 6.07) is 4.96. The van der Waals surface area contributed by atoms with Crippen molar-refractivity contribution in [3.8, 4) is 12.1 Å². The van der Waals surface area contributed by atoms with Crippen molar-refractivity contribution in [1.82, 2.24) is 0 Å². The Bertz CT molecular complexity index is 2720. The lowest BCUT2D eigenvalue weighted by molar-refractivity contribution is -0.685. The Labute approximate surface area is 398 Å². The maximum atomic E-state index is 14.2. The van der Waals surface area contributed by atoms with Gasteiger partial charge in [-0.2, -0.15) is 138 Å². The third-order valence-corrected chi connectivity index (χ3v) is 10.9. The molecule has 0 amide bonds. The Hall–Kier alpha value is -7.39. The summed E-state index contributed by atoms with van der Waals surface area (Å²) in [5.74, 6) is 0. The fourth-order valence-electron chi connectivity index (χ4n) is 7.68. The number of benzene rings is 5. The van der Waals surface area contributed by atoms with Gasteiger partial charge >= 0.3 is 49.4 Å². The number of halogens is 24. The number of pyridine rings is 1. The lowest BCUT2D eigenvalue weighted by Crippen LogP contribution is -2.75. The Morgan fingerprint density at radius 2 is 0.622 bits per heavy atom. The molecule has 0 fully saturated rings. The molecule has 6 rings (SSSR count). The fourth-order valence-corrected chi connectivity index (χ4v) is 7.68. The van der Waals surface area contributed by atoms with Crippen molar-refractivity contribution in [2.24, 2.45) is 0 Å². The molecule has 6 aromatic rings. The number of hydrogen-bond acceptors (Lipinski definition) is 2. The van der Waals surface area contributed by atoms with Crippen LogP contribution in [0.4, 0.5) is 105 Å². The van der Waals surface area contributed by atoms with Crippen LogP contribution < -0.4 is 26.4 Å². The minimum atomic E-state index is -6.13. The number of fused-ring (bicyclic) bond motifs is 1. The number of hydrogen-bond donors (Lipinski definition) is 0. The highest BCUT2D eigenvalue weighted by Gasteiger charge is 2.47. The summed E-state index contributed by atoms with van der Waals surface area (Å²) in [5.41, 5.74) is -30.1. The van der Waals surface area contributed by atoms with Gasteiger partial charge in [-0.15, -0.1) is 0 Å². The van der Waals surface area contributed by atoms with Crippen molar-refractivity contribution < 1.29 is 110 Å². The highest BCUT2D eigenvalue weighted by molar-refractivity contribution is 7.20. The lowest BCUT2D eigenvalue weighted by atomic mass is 9.12. The Morgan fingerprint density at radius 1 is 0.378 bits per heavy atom. The molecule has 0 N–H and O–H groups in total. The average molecular weight is 1080 g/mol. The number of alkyl halides is 24. The molecule has 0 saturated heterocycles. The van der Waals surface area contributed by atoms with Crippen LogP contribution in [-0.2, 0) is 56.0 Å². The monoisotopic (exact) mass is 1080 g/mol. The summed E-state index contributed by atoms with van der Waals surface area (Å²) in [5, 5.41) is 19.6. The van der Waals surface area contributed by atoms with Gasteiger partial charge < -0.3 is 0 Å². The molecule has 28 heteroatoms. The van der Waals surface area contributed by atoms with E-state index in [1.165, 1.54) is 5.39 Å². The molecule has 392 valence electrons. The van der Waals surface area contributed by atoms with Crippen molar-refractivity contribution >= 4 is 38.8 Å². The Kier molecular flexibility index (Phi) is 15.4. The van der Waals surface area contributed by atoms with E-state index >= 15 is 0 Å². The van der Waals surface area contributed by atoms with Gasteiger partial charge in [0.2, 0.25) is 0 Å². The number of allylic oxidation sites excluding steroid dienone is 2. The summed E-state index contributed by atoms with van der Waals surface area (Å²) in [6.45, 7) is 0.529. The van der Waals surface area contributed by atoms with Crippen molar-refractivity contribution in [2.45, 2.75) is 56.0 Å². The van der Waals surface area contributed by atoms with Gasteiger partial charge in [0, 0.05) is 17.5 Å². The van der Waals surface area contributed by atoms with Gasteiger partial charge in [-0.3, -0.25) is 0 Å². The Morgan fingerprint density at radius 3 is 0.851 bits per heavy atom. The van der Waals surface area contributed by atoms with Crippen LogP contribution >= 0.6 is 0 Å². The van der Waals surface area contributed by atoms with Gasteiger partial charge in [0.1, 0.15) is 23.9 Å². The second-order valence-corrected chi connectivity index (χ2v) is 15.8.